The van der Waals surface area contributed by atoms with E-state index >= 15 is 0 Å². The molecule has 1 aromatic carbocycles. The van der Waals surface area contributed by atoms with Crippen molar-refractivity contribution in [2.24, 2.45) is 5.18 Å². The van der Waals surface area contributed by atoms with Gasteiger partial charge in [-0.1, -0.05) is 20.8 Å². The maximum absolute atomic E-state index is 12.5. The smallest absolute Gasteiger partial charge is 0.232 e. The summed E-state index contributed by atoms with van der Waals surface area (Å²) in [6.07, 6.45) is 3.62. The molecule has 1 aliphatic heterocycles. The molecule has 9 heteroatoms. The average molecular weight is 415 g/mol. The Morgan fingerprint density at radius 2 is 2.00 bits per heavy atom. The van der Waals surface area contributed by atoms with Crippen molar-refractivity contribution < 1.29 is 22.6 Å². The van der Waals surface area contributed by atoms with Gasteiger partial charge in [-0.05, 0) is 47.6 Å². The molecule has 1 saturated heterocycles. The molecule has 1 fully saturated rings. The fourth-order valence-electron chi connectivity index (χ4n) is 3.07. The number of hydrogen-bond donors (Lipinski definition) is 0. The van der Waals surface area contributed by atoms with Gasteiger partial charge in [-0.3, -0.25) is 4.31 Å². The molecule has 0 amide bonds. The number of hydrogen-bond acceptors (Lipinski definition) is 7. The van der Waals surface area contributed by atoms with Crippen LogP contribution in [0.3, 0.4) is 0 Å². The van der Waals surface area contributed by atoms with Gasteiger partial charge in [0.05, 0.1) is 32.2 Å². The summed E-state index contributed by atoms with van der Waals surface area (Å²) in [5, 5.41) is 3.05. The first kappa shape index (κ1) is 22.6. The van der Waals surface area contributed by atoms with Gasteiger partial charge in [0.1, 0.15) is 0 Å². The topological polar surface area (TPSA) is 94.5 Å². The lowest BCUT2D eigenvalue weighted by Crippen LogP contribution is -2.35. The van der Waals surface area contributed by atoms with Crippen LogP contribution in [0.2, 0.25) is 0 Å². The summed E-state index contributed by atoms with van der Waals surface area (Å²) < 4.78 is 42.8. The second-order valence-electron chi connectivity index (χ2n) is 7.89. The van der Waals surface area contributed by atoms with Crippen LogP contribution in [0, 0.1) is 4.91 Å². The van der Waals surface area contributed by atoms with Crippen molar-refractivity contribution >= 4 is 21.4 Å². The number of anilines is 1. The molecule has 0 spiro atoms. The van der Waals surface area contributed by atoms with Gasteiger partial charge >= 0.3 is 0 Å². The van der Waals surface area contributed by atoms with Crippen LogP contribution in [0.5, 0.6) is 5.75 Å². The summed E-state index contributed by atoms with van der Waals surface area (Å²) in [6.45, 7) is 6.80. The third kappa shape index (κ3) is 5.65. The van der Waals surface area contributed by atoms with Crippen molar-refractivity contribution in [2.75, 3.05) is 37.4 Å². The van der Waals surface area contributed by atoms with Gasteiger partial charge < -0.3 is 14.2 Å². The van der Waals surface area contributed by atoms with Crippen LogP contribution in [0.1, 0.15) is 45.6 Å². The number of nitroso groups, excluding NO2 is 1. The summed E-state index contributed by atoms with van der Waals surface area (Å²) in [6, 6.07) is 3.35. The Hall–Kier alpha value is -1.71. The summed E-state index contributed by atoms with van der Waals surface area (Å²) in [5.74, 6) is 0.127. The quantitative estimate of drug-likeness (QED) is 0.602. The molecule has 1 heterocycles. The zero-order chi connectivity index (χ0) is 20.9. The summed E-state index contributed by atoms with van der Waals surface area (Å²) >= 11 is 0. The number of nitrogens with zero attached hydrogens (tertiary/aromatic N) is 2. The van der Waals surface area contributed by atoms with Crippen LogP contribution >= 0.6 is 0 Å². The normalized spacial score (nSPS) is 18.0. The van der Waals surface area contributed by atoms with Crippen molar-refractivity contribution in [2.45, 2.75) is 51.7 Å². The van der Waals surface area contributed by atoms with Gasteiger partial charge in [0.25, 0.3) is 0 Å². The number of sulfonamides is 1. The predicted molar refractivity (Wildman–Crippen MR) is 109 cm³/mol. The average Bonchev–Trinajstić information content (AvgIpc) is 2.63. The summed E-state index contributed by atoms with van der Waals surface area (Å²) in [5.41, 5.74) is 0.814. The number of ether oxygens (including phenoxy) is 3. The molecule has 8 nitrogen and oxygen atoms in total. The molecule has 158 valence electrons. The highest BCUT2D eigenvalue weighted by molar-refractivity contribution is 7.92. The van der Waals surface area contributed by atoms with Gasteiger partial charge in [0.15, 0.2) is 17.7 Å². The van der Waals surface area contributed by atoms with E-state index in [1.807, 2.05) is 20.8 Å². The van der Waals surface area contributed by atoms with Crippen molar-refractivity contribution in [1.29, 1.82) is 0 Å². The minimum Gasteiger partial charge on any atom is -0.492 e. The molecule has 0 saturated carbocycles. The van der Waals surface area contributed by atoms with E-state index in [-0.39, 0.29) is 42.0 Å². The molecule has 2 rings (SSSR count). The van der Waals surface area contributed by atoms with E-state index in [9.17, 15) is 13.3 Å². The maximum atomic E-state index is 12.5. The first-order valence-corrected chi connectivity index (χ1v) is 11.2. The Morgan fingerprint density at radius 3 is 2.50 bits per heavy atom. The zero-order valence-corrected chi connectivity index (χ0v) is 18.0. The van der Waals surface area contributed by atoms with E-state index in [4.69, 9.17) is 14.2 Å². The van der Waals surface area contributed by atoms with E-state index in [0.29, 0.717) is 6.61 Å². The van der Waals surface area contributed by atoms with Crippen LogP contribution in [0.4, 0.5) is 11.4 Å². The highest BCUT2D eigenvalue weighted by atomic mass is 32.2. The Bertz CT molecular complexity index is 782. The number of rotatable bonds is 8. The van der Waals surface area contributed by atoms with Crippen molar-refractivity contribution in [3.05, 3.63) is 22.6 Å². The largest absolute Gasteiger partial charge is 0.492 e. The number of methoxy groups -OCH3 is 1. The molecule has 1 aliphatic rings. The second-order valence-corrected chi connectivity index (χ2v) is 9.80. The lowest BCUT2D eigenvalue weighted by Gasteiger charge is -2.29. The first-order chi connectivity index (χ1) is 13.1. The molecule has 0 radical (unpaired) electrons. The fraction of sp³-hybridized carbons (Fsp3) is 0.684. The Morgan fingerprint density at radius 1 is 1.29 bits per heavy atom. The lowest BCUT2D eigenvalue weighted by atomic mass is 9.86. The minimum absolute atomic E-state index is 0.0649. The molecular formula is C19H30N2O6S. The standard InChI is InChI=1S/C19H30N2O6S/c1-19(2,3)14-12-15(20-22)18(25-4)16(13-14)21(28(5,23)24)9-11-27-17-8-6-7-10-26-17/h12-13,17H,6-11H2,1-5H3. The first-order valence-electron chi connectivity index (χ1n) is 9.34. The molecule has 0 bridgehead atoms. The van der Waals surface area contributed by atoms with Gasteiger partial charge in [-0.2, -0.15) is 0 Å². The SMILES string of the molecule is COc1c(N=O)cc(C(C)(C)C)cc1N(CCOC1CCCCO1)S(C)(=O)=O. The summed E-state index contributed by atoms with van der Waals surface area (Å²) in [7, 11) is -2.27. The predicted octanol–water partition coefficient (Wildman–Crippen LogP) is 3.70. The molecule has 0 aromatic heterocycles. The fourth-order valence-corrected chi connectivity index (χ4v) is 3.97. The van der Waals surface area contributed by atoms with E-state index in [2.05, 4.69) is 5.18 Å². The minimum atomic E-state index is -3.65. The highest BCUT2D eigenvalue weighted by Crippen LogP contribution is 2.42. The molecular weight excluding hydrogens is 384 g/mol. The Balaban J connectivity index is 2.37. The van der Waals surface area contributed by atoms with Crippen molar-refractivity contribution in [3.63, 3.8) is 0 Å². The van der Waals surface area contributed by atoms with Crippen molar-refractivity contribution in [3.8, 4) is 5.75 Å². The molecule has 0 aliphatic carbocycles. The van der Waals surface area contributed by atoms with E-state index in [1.165, 1.54) is 11.4 Å². The van der Waals surface area contributed by atoms with Crippen LogP contribution in [-0.4, -0.2) is 47.8 Å². The van der Waals surface area contributed by atoms with Gasteiger partial charge in [-0.15, -0.1) is 4.91 Å². The van der Waals surface area contributed by atoms with Crippen LogP contribution in [0.15, 0.2) is 17.3 Å². The van der Waals surface area contributed by atoms with Crippen LogP contribution in [0.25, 0.3) is 0 Å². The van der Waals surface area contributed by atoms with Gasteiger partial charge in [0.2, 0.25) is 10.0 Å². The molecule has 1 unspecified atom stereocenters. The van der Waals surface area contributed by atoms with Gasteiger partial charge in [0, 0.05) is 6.61 Å². The summed E-state index contributed by atoms with van der Waals surface area (Å²) in [4.78, 5) is 11.4. The third-order valence-corrected chi connectivity index (χ3v) is 5.80. The third-order valence-electron chi connectivity index (χ3n) is 4.62. The Kier molecular flexibility index (Phi) is 7.41. The monoisotopic (exact) mass is 414 g/mol. The van der Waals surface area contributed by atoms with E-state index < -0.39 is 10.0 Å². The van der Waals surface area contributed by atoms with Gasteiger partial charge in [-0.25, -0.2) is 8.42 Å². The van der Waals surface area contributed by atoms with Crippen LogP contribution in [-0.2, 0) is 24.9 Å². The molecule has 0 N–H and O–H groups in total. The maximum Gasteiger partial charge on any atom is 0.232 e. The molecule has 1 atom stereocenters. The van der Waals surface area contributed by atoms with Crippen LogP contribution < -0.4 is 9.04 Å². The highest BCUT2D eigenvalue weighted by Gasteiger charge is 2.27. The van der Waals surface area contributed by atoms with Crippen molar-refractivity contribution in [1.82, 2.24) is 0 Å². The molecule has 1 aromatic rings. The lowest BCUT2D eigenvalue weighted by molar-refractivity contribution is -0.160. The van der Waals surface area contributed by atoms with E-state index in [0.717, 1.165) is 31.1 Å². The Labute approximate surface area is 167 Å². The zero-order valence-electron chi connectivity index (χ0n) is 17.2. The molecule has 28 heavy (non-hydrogen) atoms. The van der Waals surface area contributed by atoms with E-state index in [1.54, 1.807) is 12.1 Å². The second kappa shape index (κ2) is 9.19. The number of benzene rings is 1.